The molecule has 0 unspecified atom stereocenters. The molecule has 0 radical (unpaired) electrons. The van der Waals surface area contributed by atoms with E-state index in [0.29, 0.717) is 0 Å². The van der Waals surface area contributed by atoms with E-state index in [2.05, 4.69) is 85.8 Å². The van der Waals surface area contributed by atoms with Gasteiger partial charge in [0.15, 0.2) is 0 Å². The predicted molar refractivity (Wildman–Crippen MR) is 85.0 cm³/mol. The Morgan fingerprint density at radius 3 is 1.68 bits per heavy atom. The lowest BCUT2D eigenvalue weighted by Crippen LogP contribution is -2.14. The number of fused-ring (bicyclic) bond motifs is 1. The van der Waals surface area contributed by atoms with Crippen molar-refractivity contribution in [3.8, 4) is 0 Å². The summed E-state index contributed by atoms with van der Waals surface area (Å²) >= 11 is 0. The highest BCUT2D eigenvalue weighted by molar-refractivity contribution is 5.70. The molecule has 19 heavy (non-hydrogen) atoms. The average molecular weight is 248 g/mol. The largest absolute Gasteiger partial charge is 0.0776 e. The minimum atomic E-state index is -0.0275. The Balaban J connectivity index is 0.00000133. The summed E-state index contributed by atoms with van der Waals surface area (Å²) in [7, 11) is 0. The van der Waals surface area contributed by atoms with Crippen LogP contribution in [-0.4, -0.2) is 0 Å². The Kier molecular flexibility index (Phi) is 3.71. The summed E-state index contributed by atoms with van der Waals surface area (Å²) in [6, 6.07) is 19.1. The molecule has 0 aliphatic heterocycles. The molecule has 96 valence electrons. The van der Waals surface area contributed by atoms with Crippen molar-refractivity contribution in [2.24, 2.45) is 0 Å². The number of benzene rings is 2. The smallest absolute Gasteiger partial charge is 0.0290 e. The first-order valence-electron chi connectivity index (χ1n) is 6.31. The summed E-state index contributed by atoms with van der Waals surface area (Å²) in [5.41, 5.74) is 3.87. The zero-order chi connectivity index (χ0) is 12.4. The molecule has 3 rings (SSSR count). The van der Waals surface area contributed by atoms with Crippen LogP contribution in [0.25, 0.3) is 12.2 Å². The van der Waals surface area contributed by atoms with Crippen molar-refractivity contribution in [3.05, 3.63) is 83.4 Å². The number of hydrogen-bond donors (Lipinski definition) is 0. The van der Waals surface area contributed by atoms with Crippen molar-refractivity contribution in [3.63, 3.8) is 0 Å². The van der Waals surface area contributed by atoms with Gasteiger partial charge in [0, 0.05) is 5.41 Å². The van der Waals surface area contributed by atoms with Crippen LogP contribution in [0.1, 0.15) is 31.0 Å². The molecule has 1 aliphatic rings. The topological polar surface area (TPSA) is 0 Å². The first-order valence-corrected chi connectivity index (χ1v) is 6.31. The van der Waals surface area contributed by atoms with E-state index in [1.54, 1.807) is 0 Å². The Labute approximate surface area is 116 Å². The molecule has 0 heteroatoms. The monoisotopic (exact) mass is 248 g/mol. The molecule has 0 amide bonds. The molecule has 2 aromatic carbocycles. The molecule has 1 aliphatic carbocycles. The van der Waals surface area contributed by atoms with Crippen molar-refractivity contribution in [1.29, 1.82) is 0 Å². The summed E-state index contributed by atoms with van der Waals surface area (Å²) in [6.07, 6.45) is 9.01. The fraction of sp³-hybridized carbons (Fsp3) is 0.158. The molecule has 0 aromatic heterocycles. The molecule has 0 saturated carbocycles. The summed E-state index contributed by atoms with van der Waals surface area (Å²) in [4.78, 5) is 0. The molecular formula is C19H20. The molecular weight excluding hydrogens is 228 g/mol. The van der Waals surface area contributed by atoms with Gasteiger partial charge in [-0.25, -0.2) is 0 Å². The molecule has 0 spiro atoms. The third kappa shape index (κ3) is 2.53. The first kappa shape index (κ1) is 13.4. The highest BCUT2D eigenvalue weighted by Gasteiger charge is 2.21. The maximum absolute atomic E-state index is 2.28. The molecule has 0 heterocycles. The molecule has 0 atom stereocenters. The molecule has 0 nitrogen and oxygen atoms in total. The van der Waals surface area contributed by atoms with Gasteiger partial charge < -0.3 is 0 Å². The van der Waals surface area contributed by atoms with Gasteiger partial charge in [-0.05, 0) is 23.6 Å². The molecule has 0 fully saturated rings. The maximum atomic E-state index is 2.28. The van der Waals surface area contributed by atoms with E-state index in [1.165, 1.54) is 16.7 Å². The second kappa shape index (κ2) is 5.27. The summed E-state index contributed by atoms with van der Waals surface area (Å²) < 4.78 is 0. The third-order valence-electron chi connectivity index (χ3n) is 3.61. The molecule has 2 aromatic rings. The van der Waals surface area contributed by atoms with Crippen molar-refractivity contribution < 1.29 is 0 Å². The van der Waals surface area contributed by atoms with E-state index < -0.39 is 0 Å². The zero-order valence-electron chi connectivity index (χ0n) is 10.5. The zero-order valence-corrected chi connectivity index (χ0v) is 10.5. The molecule has 0 saturated heterocycles. The van der Waals surface area contributed by atoms with Crippen LogP contribution in [0.2, 0.25) is 0 Å². The number of hydrogen-bond acceptors (Lipinski definition) is 0. The van der Waals surface area contributed by atoms with Crippen LogP contribution in [0.4, 0.5) is 0 Å². The van der Waals surface area contributed by atoms with Gasteiger partial charge in [-0.15, -0.1) is 0 Å². The van der Waals surface area contributed by atoms with Crippen LogP contribution in [0.5, 0.6) is 0 Å². The van der Waals surface area contributed by atoms with Crippen molar-refractivity contribution in [2.75, 3.05) is 0 Å². The van der Waals surface area contributed by atoms with Crippen LogP contribution in [0.3, 0.4) is 0 Å². The highest BCUT2D eigenvalue weighted by Crippen LogP contribution is 2.31. The van der Waals surface area contributed by atoms with E-state index in [9.17, 15) is 0 Å². The van der Waals surface area contributed by atoms with E-state index in [0.717, 1.165) is 0 Å². The first-order chi connectivity index (χ1) is 8.78. The Morgan fingerprint density at radius 1 is 0.684 bits per heavy atom. The Bertz CT molecular complexity index is 570. The Morgan fingerprint density at radius 2 is 1.16 bits per heavy atom. The normalized spacial score (nSPS) is 15.2. The fourth-order valence-corrected chi connectivity index (χ4v) is 2.39. The average Bonchev–Trinajstić information content (AvgIpc) is 2.61. The fourth-order valence-electron chi connectivity index (χ4n) is 2.39. The third-order valence-corrected chi connectivity index (χ3v) is 3.61. The quantitative estimate of drug-likeness (QED) is 0.640. The van der Waals surface area contributed by atoms with Crippen LogP contribution in [0, 0.1) is 0 Å². The van der Waals surface area contributed by atoms with Crippen molar-refractivity contribution in [1.82, 2.24) is 0 Å². The standard InChI is InChI=1S/C18H16.CH4/c1-18(17-9-3-2-4-10-17)13-11-15-7-5-6-8-16(15)12-14-18;/h2-14H,1H3;1H4. The van der Waals surface area contributed by atoms with Crippen molar-refractivity contribution in [2.45, 2.75) is 19.8 Å². The van der Waals surface area contributed by atoms with E-state index >= 15 is 0 Å². The predicted octanol–water partition coefficient (Wildman–Crippen LogP) is 5.32. The summed E-state index contributed by atoms with van der Waals surface area (Å²) in [5, 5.41) is 0. The second-order valence-corrected chi connectivity index (χ2v) is 4.94. The lowest BCUT2D eigenvalue weighted by Gasteiger charge is -2.21. The number of rotatable bonds is 1. The minimum Gasteiger partial charge on any atom is -0.0776 e. The van der Waals surface area contributed by atoms with Crippen LogP contribution < -0.4 is 0 Å². The van der Waals surface area contributed by atoms with Gasteiger partial charge in [-0.2, -0.15) is 0 Å². The van der Waals surface area contributed by atoms with Gasteiger partial charge in [-0.3, -0.25) is 0 Å². The van der Waals surface area contributed by atoms with Gasteiger partial charge in [0.05, 0.1) is 0 Å². The lowest BCUT2D eigenvalue weighted by atomic mass is 9.82. The van der Waals surface area contributed by atoms with E-state index in [-0.39, 0.29) is 12.8 Å². The maximum Gasteiger partial charge on any atom is 0.0290 e. The lowest BCUT2D eigenvalue weighted by molar-refractivity contribution is 0.766. The van der Waals surface area contributed by atoms with Gasteiger partial charge in [-0.1, -0.05) is 86.3 Å². The second-order valence-electron chi connectivity index (χ2n) is 4.94. The van der Waals surface area contributed by atoms with Crippen LogP contribution in [0.15, 0.2) is 66.7 Å². The van der Waals surface area contributed by atoms with E-state index in [1.807, 2.05) is 0 Å². The minimum absolute atomic E-state index is 0. The van der Waals surface area contributed by atoms with Crippen molar-refractivity contribution >= 4 is 12.2 Å². The summed E-state index contributed by atoms with van der Waals surface area (Å²) in [6.45, 7) is 2.25. The highest BCUT2D eigenvalue weighted by atomic mass is 14.2. The number of allylic oxidation sites excluding steroid dienone is 2. The molecule has 0 N–H and O–H groups in total. The van der Waals surface area contributed by atoms with E-state index in [4.69, 9.17) is 0 Å². The van der Waals surface area contributed by atoms with Gasteiger partial charge >= 0.3 is 0 Å². The van der Waals surface area contributed by atoms with Crippen LogP contribution in [-0.2, 0) is 5.41 Å². The SMILES string of the molecule is C.CC1(c2ccccc2)C=Cc2ccccc2C=C1. The Hall–Kier alpha value is -2.08. The molecule has 0 bridgehead atoms. The summed E-state index contributed by atoms with van der Waals surface area (Å²) in [5.74, 6) is 0. The van der Waals surface area contributed by atoms with Crippen LogP contribution >= 0.6 is 0 Å². The van der Waals surface area contributed by atoms with Gasteiger partial charge in [0.25, 0.3) is 0 Å². The van der Waals surface area contributed by atoms with Gasteiger partial charge in [0.2, 0.25) is 0 Å². The van der Waals surface area contributed by atoms with Gasteiger partial charge in [0.1, 0.15) is 0 Å².